The van der Waals surface area contributed by atoms with Gasteiger partial charge in [0.25, 0.3) is 0 Å². The van der Waals surface area contributed by atoms with Gasteiger partial charge in [0.1, 0.15) is 11.3 Å². The molecule has 13 rings (SSSR count). The van der Waals surface area contributed by atoms with Crippen LogP contribution in [-0.2, 0) is 0 Å². The zero-order valence-corrected chi connectivity index (χ0v) is 36.4. The van der Waals surface area contributed by atoms with E-state index in [1.807, 2.05) is 36.4 Å². The zero-order valence-electron chi connectivity index (χ0n) is 36.4. The van der Waals surface area contributed by atoms with Gasteiger partial charge < -0.3 is 4.42 Å². The fourth-order valence-electron chi connectivity index (χ4n) is 9.98. The van der Waals surface area contributed by atoms with Crippen LogP contribution in [0.3, 0.4) is 0 Å². The minimum Gasteiger partial charge on any atom is -0.456 e. The lowest BCUT2D eigenvalue weighted by molar-refractivity contribution is 0.631. The van der Waals surface area contributed by atoms with E-state index in [0.717, 1.165) is 61.3 Å². The molecular weight excluding hydrogens is 813 g/mol. The molecule has 0 atom stereocenters. The van der Waals surface area contributed by atoms with E-state index in [1.165, 1.54) is 65.5 Å². The second-order valence-electron chi connectivity index (χ2n) is 17.3. The van der Waals surface area contributed by atoms with Crippen LogP contribution in [0.2, 0.25) is 0 Å². The number of benzene rings is 11. The molecule has 0 aliphatic rings. The third-order valence-electron chi connectivity index (χ3n) is 13.3. The molecule has 13 aromatic rings. The van der Waals surface area contributed by atoms with Gasteiger partial charge in [0, 0.05) is 27.6 Å². The molecule has 2 aromatic heterocycles. The highest BCUT2D eigenvalue weighted by Gasteiger charge is 2.17. The van der Waals surface area contributed by atoms with E-state index in [1.54, 1.807) is 0 Å². The van der Waals surface area contributed by atoms with Crippen LogP contribution in [0.25, 0.3) is 133 Å². The van der Waals surface area contributed by atoms with Crippen molar-refractivity contribution < 1.29 is 4.42 Å². The molecule has 0 bridgehead atoms. The van der Waals surface area contributed by atoms with E-state index >= 15 is 0 Å². The fraction of sp³-hybridized carbons (Fsp3) is 0. The van der Waals surface area contributed by atoms with Gasteiger partial charge in [-0.1, -0.05) is 212 Å². The quantitative estimate of drug-likeness (QED) is 0.118. The molecule has 0 amide bonds. The number of fused-ring (bicyclic) bond motifs is 6. The molecule has 0 saturated heterocycles. The van der Waals surface area contributed by atoms with Crippen LogP contribution in [0.1, 0.15) is 0 Å². The monoisotopic (exact) mass is 852 g/mol. The van der Waals surface area contributed by atoms with Gasteiger partial charge in [0.2, 0.25) is 0 Å². The number of rotatable bonds is 7. The Morgan fingerprint density at radius 1 is 0.269 bits per heavy atom. The molecule has 2 heterocycles. The highest BCUT2D eigenvalue weighted by molar-refractivity contribution is 6.20. The Morgan fingerprint density at radius 3 is 1.63 bits per heavy atom. The van der Waals surface area contributed by atoms with E-state index in [-0.39, 0.29) is 0 Å². The van der Waals surface area contributed by atoms with Gasteiger partial charge in [-0.2, -0.15) is 0 Å². The molecule has 0 radical (unpaired) electrons. The summed E-state index contributed by atoms with van der Waals surface area (Å²) >= 11 is 0. The Balaban J connectivity index is 0.853. The van der Waals surface area contributed by atoms with Crippen LogP contribution < -0.4 is 0 Å². The van der Waals surface area contributed by atoms with Crippen molar-refractivity contribution in [1.82, 2.24) is 9.97 Å². The Bertz CT molecular complexity index is 3980. The van der Waals surface area contributed by atoms with Crippen molar-refractivity contribution >= 4 is 54.1 Å². The summed E-state index contributed by atoms with van der Waals surface area (Å²) in [7, 11) is 0. The molecule has 0 N–H and O–H groups in total. The molecule has 0 unspecified atom stereocenters. The summed E-state index contributed by atoms with van der Waals surface area (Å²) in [5, 5.41) is 11.0. The average molecular weight is 853 g/mol. The number of aromatic nitrogens is 2. The standard InChI is InChI=1S/C64H40N2O/c1-2-14-46(15-3-1)64-65-59(48-18-12-19-49(37-48)62-39-50-17-6-11-24-61(50)67-62)40-60(66-64)56-36-35-52(54-22-9-10-23-55(54)56)44-29-25-41(26-30-44)42-27-31-45(32-28-42)63-53-21-8-5-16-47(53)38-58-51-20-7-4-13-43(51)33-34-57(58)63/h1-40H. The van der Waals surface area contributed by atoms with Gasteiger partial charge in [-0.25, -0.2) is 9.97 Å². The smallest absolute Gasteiger partial charge is 0.160 e. The lowest BCUT2D eigenvalue weighted by atomic mass is 9.89. The molecule has 0 fully saturated rings. The molecule has 0 aliphatic carbocycles. The predicted molar refractivity (Wildman–Crippen MR) is 280 cm³/mol. The number of hydrogen-bond donors (Lipinski definition) is 0. The Hall–Kier alpha value is -8.92. The first-order valence-corrected chi connectivity index (χ1v) is 22.8. The zero-order chi connectivity index (χ0) is 44.3. The van der Waals surface area contributed by atoms with Crippen molar-refractivity contribution in [3.05, 3.63) is 243 Å². The molecule has 0 spiro atoms. The van der Waals surface area contributed by atoms with Crippen LogP contribution in [0.4, 0.5) is 0 Å². The summed E-state index contributed by atoms with van der Waals surface area (Å²) in [6, 6.07) is 86.5. The summed E-state index contributed by atoms with van der Waals surface area (Å²) in [5.74, 6) is 1.51. The topological polar surface area (TPSA) is 38.9 Å². The van der Waals surface area contributed by atoms with Gasteiger partial charge in [0.05, 0.1) is 11.4 Å². The van der Waals surface area contributed by atoms with Crippen molar-refractivity contribution in [3.63, 3.8) is 0 Å². The molecular formula is C64H40N2O. The maximum Gasteiger partial charge on any atom is 0.160 e. The van der Waals surface area contributed by atoms with Gasteiger partial charge in [0.15, 0.2) is 5.82 Å². The highest BCUT2D eigenvalue weighted by atomic mass is 16.3. The summed E-state index contributed by atoms with van der Waals surface area (Å²) in [6.07, 6.45) is 0. The number of nitrogens with zero attached hydrogens (tertiary/aromatic N) is 2. The second-order valence-corrected chi connectivity index (χ2v) is 17.3. The third kappa shape index (κ3) is 6.84. The normalized spacial score (nSPS) is 11.6. The number of para-hydroxylation sites is 1. The van der Waals surface area contributed by atoms with Gasteiger partial charge in [-0.15, -0.1) is 0 Å². The van der Waals surface area contributed by atoms with Gasteiger partial charge >= 0.3 is 0 Å². The molecule has 11 aromatic carbocycles. The van der Waals surface area contributed by atoms with E-state index in [2.05, 4.69) is 206 Å². The van der Waals surface area contributed by atoms with Crippen LogP contribution in [0.15, 0.2) is 247 Å². The van der Waals surface area contributed by atoms with Crippen LogP contribution in [0, 0.1) is 0 Å². The molecule has 312 valence electrons. The largest absolute Gasteiger partial charge is 0.456 e. The van der Waals surface area contributed by atoms with Crippen LogP contribution in [0.5, 0.6) is 0 Å². The van der Waals surface area contributed by atoms with E-state index < -0.39 is 0 Å². The SMILES string of the molecule is c1ccc(-c2nc(-c3cccc(-c4cc5ccccc5o4)c3)cc(-c3ccc(-c4ccc(-c5ccc(-c6c7ccccc7cc7c6ccc6ccccc67)cc5)cc4)c4ccccc34)n2)cc1. The third-order valence-corrected chi connectivity index (χ3v) is 13.3. The Morgan fingerprint density at radius 2 is 0.851 bits per heavy atom. The number of furan rings is 1. The van der Waals surface area contributed by atoms with Crippen LogP contribution in [-0.4, -0.2) is 9.97 Å². The van der Waals surface area contributed by atoms with Crippen molar-refractivity contribution in [2.24, 2.45) is 0 Å². The van der Waals surface area contributed by atoms with Crippen molar-refractivity contribution in [3.8, 4) is 78.6 Å². The maximum atomic E-state index is 6.28. The summed E-state index contributed by atoms with van der Waals surface area (Å²) in [5.41, 5.74) is 13.8. The minimum absolute atomic E-state index is 0.679. The van der Waals surface area contributed by atoms with E-state index in [4.69, 9.17) is 14.4 Å². The van der Waals surface area contributed by atoms with Crippen molar-refractivity contribution in [2.45, 2.75) is 0 Å². The first-order chi connectivity index (χ1) is 33.2. The molecule has 3 heteroatoms. The van der Waals surface area contributed by atoms with E-state index in [0.29, 0.717) is 5.82 Å². The van der Waals surface area contributed by atoms with Crippen molar-refractivity contribution in [2.75, 3.05) is 0 Å². The van der Waals surface area contributed by atoms with Crippen LogP contribution >= 0.6 is 0 Å². The van der Waals surface area contributed by atoms with Gasteiger partial charge in [-0.3, -0.25) is 0 Å². The molecule has 0 aliphatic heterocycles. The average Bonchev–Trinajstić information content (AvgIpc) is 3.85. The Kier molecular flexibility index (Phi) is 9.17. The van der Waals surface area contributed by atoms with Gasteiger partial charge in [-0.05, 0) is 107 Å². The summed E-state index contributed by atoms with van der Waals surface area (Å²) < 4.78 is 6.28. The van der Waals surface area contributed by atoms with E-state index in [9.17, 15) is 0 Å². The summed E-state index contributed by atoms with van der Waals surface area (Å²) in [6.45, 7) is 0. The first kappa shape index (κ1) is 38.5. The first-order valence-electron chi connectivity index (χ1n) is 22.8. The molecule has 3 nitrogen and oxygen atoms in total. The highest BCUT2D eigenvalue weighted by Crippen LogP contribution is 2.42. The maximum absolute atomic E-state index is 6.28. The molecule has 0 saturated carbocycles. The number of hydrogen-bond acceptors (Lipinski definition) is 3. The Labute approximate surface area is 387 Å². The summed E-state index contributed by atoms with van der Waals surface area (Å²) in [4.78, 5) is 10.4. The lowest BCUT2D eigenvalue weighted by Gasteiger charge is -2.15. The predicted octanol–water partition coefficient (Wildman–Crippen LogP) is 17.5. The second kappa shape index (κ2) is 16.0. The van der Waals surface area contributed by atoms with Crippen molar-refractivity contribution in [1.29, 1.82) is 0 Å². The minimum atomic E-state index is 0.679. The fourth-order valence-corrected chi connectivity index (χ4v) is 9.98. The molecule has 67 heavy (non-hydrogen) atoms. The lowest BCUT2D eigenvalue weighted by Crippen LogP contribution is -1.97.